The summed E-state index contributed by atoms with van der Waals surface area (Å²) in [5, 5.41) is 12.3. The Kier molecular flexibility index (Phi) is 3.95. The summed E-state index contributed by atoms with van der Waals surface area (Å²) in [5.74, 6) is 2.82. The summed E-state index contributed by atoms with van der Waals surface area (Å²) >= 11 is 0. The molecular weight excluding hydrogens is 294 g/mol. The van der Waals surface area contributed by atoms with E-state index in [9.17, 15) is 4.79 Å². The number of hydrogen-bond donors (Lipinski definition) is 0. The van der Waals surface area contributed by atoms with E-state index in [1.54, 1.807) is 13.8 Å². The van der Waals surface area contributed by atoms with Gasteiger partial charge < -0.3 is 14.0 Å². The predicted octanol–water partition coefficient (Wildman–Crippen LogP) is 2.43. The lowest BCUT2D eigenvalue weighted by Gasteiger charge is -2.35. The van der Waals surface area contributed by atoms with Gasteiger partial charge in [0.25, 0.3) is 5.91 Å². The number of aryl methyl sites for hydroxylation is 3. The van der Waals surface area contributed by atoms with E-state index < -0.39 is 0 Å². The van der Waals surface area contributed by atoms with Gasteiger partial charge in [0.2, 0.25) is 0 Å². The molecule has 1 aliphatic heterocycles. The van der Waals surface area contributed by atoms with Gasteiger partial charge in [0, 0.05) is 6.54 Å². The number of fused-ring (bicyclic) bond motifs is 1. The second-order valence-corrected chi connectivity index (χ2v) is 6.70. The summed E-state index contributed by atoms with van der Waals surface area (Å²) in [4.78, 5) is 14.8. The molecule has 7 nitrogen and oxygen atoms in total. The van der Waals surface area contributed by atoms with Crippen molar-refractivity contribution < 1.29 is 9.32 Å². The summed E-state index contributed by atoms with van der Waals surface area (Å²) in [7, 11) is 0. The van der Waals surface area contributed by atoms with E-state index in [1.807, 2.05) is 11.8 Å². The average Bonchev–Trinajstić information content (AvgIpc) is 3.01. The van der Waals surface area contributed by atoms with Crippen molar-refractivity contribution in [3.63, 3.8) is 0 Å². The number of rotatable bonds is 3. The molecule has 3 heterocycles. The van der Waals surface area contributed by atoms with Crippen molar-refractivity contribution >= 4 is 5.91 Å². The van der Waals surface area contributed by atoms with Gasteiger partial charge in [0.05, 0.1) is 18.3 Å². The molecule has 1 atom stereocenters. The Balaban J connectivity index is 1.92. The van der Waals surface area contributed by atoms with E-state index in [0.29, 0.717) is 36.0 Å². The number of carbonyl (C=O) groups excluding carboxylic acids is 1. The van der Waals surface area contributed by atoms with Gasteiger partial charge in [-0.2, -0.15) is 0 Å². The average molecular weight is 317 g/mol. The van der Waals surface area contributed by atoms with E-state index in [1.165, 1.54) is 0 Å². The molecule has 3 rings (SSSR count). The second kappa shape index (κ2) is 5.79. The van der Waals surface area contributed by atoms with Crippen molar-refractivity contribution in [2.24, 2.45) is 5.92 Å². The monoisotopic (exact) mass is 317 g/mol. The van der Waals surface area contributed by atoms with Gasteiger partial charge in [-0.15, -0.1) is 10.2 Å². The molecule has 0 radical (unpaired) electrons. The normalized spacial score (nSPS) is 17.7. The highest BCUT2D eigenvalue weighted by Gasteiger charge is 2.33. The lowest BCUT2D eigenvalue weighted by atomic mass is 10.0. The Morgan fingerprint density at radius 3 is 2.65 bits per heavy atom. The van der Waals surface area contributed by atoms with Gasteiger partial charge in [-0.05, 0) is 33.1 Å². The SMILES string of the molecule is Cc1noc(C)c1C(=O)N1Cc2nnc(C)n2[C@@H](CC(C)C)C1. The zero-order valence-corrected chi connectivity index (χ0v) is 14.3. The van der Waals surface area contributed by atoms with Crippen molar-refractivity contribution in [3.05, 3.63) is 28.7 Å². The van der Waals surface area contributed by atoms with Gasteiger partial charge >= 0.3 is 0 Å². The largest absolute Gasteiger partial charge is 0.361 e. The number of hydrogen-bond acceptors (Lipinski definition) is 5. The molecule has 2 aromatic heterocycles. The molecule has 2 aromatic rings. The summed E-state index contributed by atoms with van der Waals surface area (Å²) < 4.78 is 7.32. The van der Waals surface area contributed by atoms with Crippen molar-refractivity contribution in [1.29, 1.82) is 0 Å². The quantitative estimate of drug-likeness (QED) is 0.869. The molecule has 0 saturated heterocycles. The molecule has 0 fully saturated rings. The molecule has 23 heavy (non-hydrogen) atoms. The number of aromatic nitrogens is 4. The minimum atomic E-state index is -0.0399. The first kappa shape index (κ1) is 15.7. The van der Waals surface area contributed by atoms with Crippen LogP contribution in [0.25, 0.3) is 0 Å². The highest BCUT2D eigenvalue weighted by molar-refractivity contribution is 5.96. The third-order valence-corrected chi connectivity index (χ3v) is 4.34. The van der Waals surface area contributed by atoms with Gasteiger partial charge in [-0.3, -0.25) is 4.79 Å². The Morgan fingerprint density at radius 2 is 2.04 bits per heavy atom. The first-order valence-electron chi connectivity index (χ1n) is 8.01. The van der Waals surface area contributed by atoms with Crippen LogP contribution in [0.3, 0.4) is 0 Å². The second-order valence-electron chi connectivity index (χ2n) is 6.70. The maximum atomic E-state index is 12.9. The van der Waals surface area contributed by atoms with Crippen molar-refractivity contribution in [1.82, 2.24) is 24.8 Å². The van der Waals surface area contributed by atoms with Crippen LogP contribution in [0, 0.1) is 26.7 Å². The van der Waals surface area contributed by atoms with Crippen LogP contribution < -0.4 is 0 Å². The van der Waals surface area contributed by atoms with Crippen LogP contribution in [0.2, 0.25) is 0 Å². The van der Waals surface area contributed by atoms with E-state index in [0.717, 1.165) is 18.1 Å². The molecule has 7 heteroatoms. The lowest BCUT2D eigenvalue weighted by Crippen LogP contribution is -2.42. The molecule has 0 aliphatic carbocycles. The summed E-state index contributed by atoms with van der Waals surface area (Å²) in [6, 6.07) is 0.207. The zero-order chi connectivity index (χ0) is 16.7. The molecule has 0 saturated carbocycles. The minimum Gasteiger partial charge on any atom is -0.361 e. The first-order valence-corrected chi connectivity index (χ1v) is 8.01. The number of amides is 1. The third-order valence-electron chi connectivity index (χ3n) is 4.34. The fourth-order valence-corrected chi connectivity index (χ4v) is 3.39. The fourth-order valence-electron chi connectivity index (χ4n) is 3.39. The molecule has 0 spiro atoms. The van der Waals surface area contributed by atoms with Crippen LogP contribution in [0.1, 0.15) is 59.8 Å². The van der Waals surface area contributed by atoms with Gasteiger partial charge in [-0.25, -0.2) is 0 Å². The zero-order valence-electron chi connectivity index (χ0n) is 14.3. The number of nitrogens with zero attached hydrogens (tertiary/aromatic N) is 5. The van der Waals surface area contributed by atoms with Gasteiger partial charge in [0.1, 0.15) is 17.1 Å². The highest BCUT2D eigenvalue weighted by atomic mass is 16.5. The maximum Gasteiger partial charge on any atom is 0.259 e. The Bertz CT molecular complexity index is 711. The van der Waals surface area contributed by atoms with Crippen LogP contribution in [-0.4, -0.2) is 37.3 Å². The van der Waals surface area contributed by atoms with Crippen LogP contribution in [0.15, 0.2) is 4.52 Å². The number of carbonyl (C=O) groups is 1. The molecule has 1 aliphatic rings. The van der Waals surface area contributed by atoms with Crippen LogP contribution in [0.4, 0.5) is 0 Å². The molecule has 0 aromatic carbocycles. The minimum absolute atomic E-state index is 0.0399. The summed E-state index contributed by atoms with van der Waals surface area (Å²) in [6.07, 6.45) is 0.983. The maximum absolute atomic E-state index is 12.9. The topological polar surface area (TPSA) is 77.1 Å². The van der Waals surface area contributed by atoms with Crippen LogP contribution in [0.5, 0.6) is 0 Å². The van der Waals surface area contributed by atoms with Gasteiger partial charge in [-0.1, -0.05) is 19.0 Å². The predicted molar refractivity (Wildman–Crippen MR) is 84.0 cm³/mol. The van der Waals surface area contributed by atoms with Crippen molar-refractivity contribution in [2.45, 2.75) is 53.6 Å². The van der Waals surface area contributed by atoms with Crippen molar-refractivity contribution in [2.75, 3.05) is 6.54 Å². The smallest absolute Gasteiger partial charge is 0.259 e. The van der Waals surface area contributed by atoms with E-state index in [-0.39, 0.29) is 11.9 Å². The van der Waals surface area contributed by atoms with Crippen LogP contribution in [-0.2, 0) is 6.54 Å². The summed E-state index contributed by atoms with van der Waals surface area (Å²) in [6.45, 7) is 11.0. The molecule has 0 N–H and O–H groups in total. The Morgan fingerprint density at radius 1 is 1.30 bits per heavy atom. The molecule has 0 unspecified atom stereocenters. The van der Waals surface area contributed by atoms with Crippen molar-refractivity contribution in [3.8, 4) is 0 Å². The molecule has 0 bridgehead atoms. The van der Waals surface area contributed by atoms with Gasteiger partial charge in [0.15, 0.2) is 5.82 Å². The van der Waals surface area contributed by atoms with E-state index in [2.05, 4.69) is 33.8 Å². The highest BCUT2D eigenvalue weighted by Crippen LogP contribution is 2.28. The van der Waals surface area contributed by atoms with Crippen LogP contribution >= 0.6 is 0 Å². The third kappa shape index (κ3) is 2.75. The molecule has 1 amide bonds. The van der Waals surface area contributed by atoms with E-state index >= 15 is 0 Å². The summed E-state index contributed by atoms with van der Waals surface area (Å²) in [5.41, 5.74) is 1.20. The molecular formula is C16H23N5O2. The first-order chi connectivity index (χ1) is 10.9. The standard InChI is InChI=1S/C16H23N5O2/c1-9(2)6-13-7-20(8-14-18-17-12(5)21(13)14)16(22)15-10(3)19-23-11(15)4/h9,13H,6-8H2,1-5H3/t13-/m0/s1. The fraction of sp³-hybridized carbons (Fsp3) is 0.625. The lowest BCUT2D eigenvalue weighted by molar-refractivity contribution is 0.0658. The Labute approximate surface area is 135 Å². The van der Waals surface area contributed by atoms with E-state index in [4.69, 9.17) is 4.52 Å². The molecule has 124 valence electrons. The Hall–Kier alpha value is -2.18.